The van der Waals surface area contributed by atoms with E-state index in [1.165, 1.54) is 4.52 Å². The van der Waals surface area contributed by atoms with E-state index in [0.29, 0.717) is 43.8 Å². The quantitative estimate of drug-likeness (QED) is 0.498. The molecule has 0 bridgehead atoms. The molecule has 180 valence electrons. The lowest BCUT2D eigenvalue weighted by Crippen LogP contribution is -2.44. The number of carbonyl (C=O) groups excluding carboxylic acids is 1. The number of likely N-dealkylation sites (tertiary alicyclic amines) is 1. The summed E-state index contributed by atoms with van der Waals surface area (Å²) < 4.78 is 46.5. The van der Waals surface area contributed by atoms with Crippen molar-refractivity contribution >= 4 is 29.2 Å². The van der Waals surface area contributed by atoms with E-state index in [-0.39, 0.29) is 34.5 Å². The first-order chi connectivity index (χ1) is 15.5. The number of hydrogen-bond acceptors (Lipinski definition) is 6. The molecule has 1 amide bonds. The largest absolute Gasteiger partial charge is 0.446 e. The summed E-state index contributed by atoms with van der Waals surface area (Å²) >= 11 is -0.208. The highest BCUT2D eigenvalue weighted by atomic mass is 32.2. The number of halogens is 3. The van der Waals surface area contributed by atoms with E-state index in [1.54, 1.807) is 30.1 Å². The smallest absolute Gasteiger partial charge is 0.444 e. The van der Waals surface area contributed by atoms with E-state index in [4.69, 9.17) is 4.74 Å². The summed E-state index contributed by atoms with van der Waals surface area (Å²) in [6, 6.07) is 5.10. The second-order valence-corrected chi connectivity index (χ2v) is 9.73. The first-order valence-electron chi connectivity index (χ1n) is 10.6. The summed E-state index contributed by atoms with van der Waals surface area (Å²) in [5.74, 6) is 6.10. The first kappa shape index (κ1) is 25.1. The standard InChI is InChI=1S/C22H28F3N5O2S/c1-21(2,3)32-20(31)29-13-10-15(11-14-29)27-18-9-5-8-17-19(33-22(23,24)25)16(28-30(17)18)7-6-12-26-4/h5,8-9,15,26-27H,10-14H2,1-4H3. The lowest BCUT2D eigenvalue weighted by molar-refractivity contribution is -0.0328. The number of ether oxygens (including phenoxy) is 1. The Bertz CT molecular complexity index is 1040. The van der Waals surface area contributed by atoms with Crippen molar-refractivity contribution in [2.75, 3.05) is 32.0 Å². The normalized spacial score (nSPS) is 15.3. The Hall–Kier alpha value is -2.58. The highest BCUT2D eigenvalue weighted by molar-refractivity contribution is 8.00. The molecule has 33 heavy (non-hydrogen) atoms. The van der Waals surface area contributed by atoms with Gasteiger partial charge in [-0.15, -0.1) is 0 Å². The van der Waals surface area contributed by atoms with E-state index >= 15 is 0 Å². The molecule has 1 aliphatic heterocycles. The summed E-state index contributed by atoms with van der Waals surface area (Å²) in [4.78, 5) is 13.9. The molecule has 0 unspecified atom stereocenters. The van der Waals surface area contributed by atoms with Crippen molar-refractivity contribution < 1.29 is 22.7 Å². The summed E-state index contributed by atoms with van der Waals surface area (Å²) in [6.07, 6.45) is 1.01. The van der Waals surface area contributed by atoms with Crippen LogP contribution in [0.2, 0.25) is 0 Å². The molecule has 0 aromatic carbocycles. The number of nitrogens with one attached hydrogen (secondary N) is 2. The van der Waals surface area contributed by atoms with Gasteiger partial charge in [-0.3, -0.25) is 0 Å². The Morgan fingerprint density at radius 1 is 1.27 bits per heavy atom. The number of carbonyl (C=O) groups is 1. The minimum atomic E-state index is -4.46. The van der Waals surface area contributed by atoms with Crippen LogP contribution >= 0.6 is 11.8 Å². The maximum Gasteiger partial charge on any atom is 0.446 e. The van der Waals surface area contributed by atoms with Gasteiger partial charge in [-0.05, 0) is 70.5 Å². The average molecular weight is 484 g/mol. The maximum absolute atomic E-state index is 13.2. The van der Waals surface area contributed by atoms with Gasteiger partial charge < -0.3 is 20.3 Å². The number of aromatic nitrogens is 2. The van der Waals surface area contributed by atoms with Crippen LogP contribution in [0.25, 0.3) is 5.52 Å². The molecule has 0 spiro atoms. The predicted octanol–water partition coefficient (Wildman–Crippen LogP) is 4.33. The molecule has 11 heteroatoms. The number of thioether (sulfide) groups is 1. The van der Waals surface area contributed by atoms with Crippen LogP contribution in [0.5, 0.6) is 0 Å². The van der Waals surface area contributed by atoms with Crippen LogP contribution in [-0.4, -0.2) is 64.4 Å². The molecule has 2 N–H and O–H groups in total. The number of piperidine rings is 1. The van der Waals surface area contributed by atoms with E-state index in [1.807, 2.05) is 20.8 Å². The maximum atomic E-state index is 13.2. The Labute approximate surface area is 195 Å². The third-order valence-electron chi connectivity index (χ3n) is 4.80. The van der Waals surface area contributed by atoms with Crippen LogP contribution in [0.1, 0.15) is 39.3 Å². The minimum Gasteiger partial charge on any atom is -0.444 e. The van der Waals surface area contributed by atoms with Gasteiger partial charge in [0.15, 0.2) is 0 Å². The zero-order valence-corrected chi connectivity index (χ0v) is 19.9. The van der Waals surface area contributed by atoms with Gasteiger partial charge in [0, 0.05) is 19.1 Å². The number of fused-ring (bicyclic) bond motifs is 1. The lowest BCUT2D eigenvalue weighted by Gasteiger charge is -2.34. The second kappa shape index (κ2) is 10.1. The molecule has 7 nitrogen and oxygen atoms in total. The van der Waals surface area contributed by atoms with Gasteiger partial charge >= 0.3 is 11.6 Å². The van der Waals surface area contributed by atoms with Crippen molar-refractivity contribution in [1.82, 2.24) is 19.8 Å². The Kier molecular flexibility index (Phi) is 7.69. The number of hydrogen-bond donors (Lipinski definition) is 2. The van der Waals surface area contributed by atoms with Crippen molar-refractivity contribution in [2.45, 2.75) is 55.7 Å². The van der Waals surface area contributed by atoms with E-state index < -0.39 is 11.1 Å². The third kappa shape index (κ3) is 6.95. The van der Waals surface area contributed by atoms with Crippen LogP contribution in [-0.2, 0) is 4.74 Å². The van der Waals surface area contributed by atoms with Crippen LogP contribution in [0.3, 0.4) is 0 Å². The van der Waals surface area contributed by atoms with Crippen LogP contribution in [0.4, 0.5) is 23.8 Å². The zero-order chi connectivity index (χ0) is 24.2. The summed E-state index contributed by atoms with van der Waals surface area (Å²) in [5, 5.41) is 10.6. The fraction of sp³-hybridized carbons (Fsp3) is 0.545. The third-order valence-corrected chi connectivity index (χ3v) is 5.64. The zero-order valence-electron chi connectivity index (χ0n) is 19.0. The fourth-order valence-corrected chi connectivity index (χ4v) is 4.09. The Balaban J connectivity index is 1.79. The van der Waals surface area contributed by atoms with Gasteiger partial charge in [-0.2, -0.15) is 18.3 Å². The molecule has 0 atom stereocenters. The van der Waals surface area contributed by atoms with Crippen molar-refractivity contribution in [3.05, 3.63) is 23.9 Å². The second-order valence-electron chi connectivity index (χ2n) is 8.65. The molecule has 2 aromatic heterocycles. The molecule has 0 saturated carbocycles. The van der Waals surface area contributed by atoms with Crippen LogP contribution in [0, 0.1) is 11.8 Å². The topological polar surface area (TPSA) is 70.9 Å². The molecule has 1 fully saturated rings. The number of amides is 1. The lowest BCUT2D eigenvalue weighted by atomic mass is 10.1. The molecule has 0 aliphatic carbocycles. The van der Waals surface area contributed by atoms with E-state index in [0.717, 1.165) is 0 Å². The molecule has 3 heterocycles. The van der Waals surface area contributed by atoms with Gasteiger partial charge in [-0.25, -0.2) is 9.31 Å². The Morgan fingerprint density at radius 2 is 1.97 bits per heavy atom. The van der Waals surface area contributed by atoms with Crippen molar-refractivity contribution in [3.8, 4) is 11.8 Å². The number of anilines is 1. The molecular weight excluding hydrogens is 455 g/mol. The highest BCUT2D eigenvalue weighted by Crippen LogP contribution is 2.41. The summed E-state index contributed by atoms with van der Waals surface area (Å²) in [7, 11) is 1.71. The van der Waals surface area contributed by atoms with Gasteiger partial charge in [0.1, 0.15) is 17.1 Å². The molecule has 1 aliphatic rings. The van der Waals surface area contributed by atoms with Crippen molar-refractivity contribution in [1.29, 1.82) is 0 Å². The average Bonchev–Trinajstić information content (AvgIpc) is 3.04. The summed E-state index contributed by atoms with van der Waals surface area (Å²) in [5.41, 5.74) is -4.59. The van der Waals surface area contributed by atoms with Crippen molar-refractivity contribution in [2.24, 2.45) is 0 Å². The molecule has 3 rings (SSSR count). The van der Waals surface area contributed by atoms with Crippen molar-refractivity contribution in [3.63, 3.8) is 0 Å². The first-order valence-corrected chi connectivity index (χ1v) is 11.4. The minimum absolute atomic E-state index is 0.0190. The number of rotatable bonds is 4. The van der Waals surface area contributed by atoms with Crippen LogP contribution in [0.15, 0.2) is 23.1 Å². The number of alkyl halides is 3. The van der Waals surface area contributed by atoms with Gasteiger partial charge in [0.2, 0.25) is 0 Å². The van der Waals surface area contributed by atoms with Crippen LogP contribution < -0.4 is 10.6 Å². The molecule has 0 radical (unpaired) electrons. The van der Waals surface area contributed by atoms with E-state index in [2.05, 4.69) is 27.6 Å². The molecular formula is C22H28F3N5O2S. The fourth-order valence-electron chi connectivity index (χ4n) is 3.41. The number of pyridine rings is 1. The van der Waals surface area contributed by atoms with Gasteiger partial charge in [0.05, 0.1) is 17.0 Å². The van der Waals surface area contributed by atoms with E-state index in [9.17, 15) is 18.0 Å². The van der Waals surface area contributed by atoms with Gasteiger partial charge in [0.25, 0.3) is 0 Å². The predicted molar refractivity (Wildman–Crippen MR) is 122 cm³/mol. The molecule has 2 aromatic rings. The monoisotopic (exact) mass is 483 g/mol. The SMILES string of the molecule is CNCC#Cc1nn2c(NC3CCN(C(=O)OC(C)(C)C)CC3)cccc2c1SC(F)(F)F. The summed E-state index contributed by atoms with van der Waals surface area (Å²) in [6.45, 7) is 6.87. The molecule has 1 saturated heterocycles. The highest BCUT2D eigenvalue weighted by Gasteiger charge is 2.33. The van der Waals surface area contributed by atoms with Gasteiger partial charge in [-0.1, -0.05) is 12.0 Å². The Morgan fingerprint density at radius 3 is 2.58 bits per heavy atom. The number of nitrogens with zero attached hydrogens (tertiary/aromatic N) is 3.